The molecular weight excluding hydrogens is 214 g/mol. The van der Waals surface area contributed by atoms with E-state index >= 15 is 0 Å². The molecular formula is C12H39N5. The lowest BCUT2D eigenvalue weighted by Gasteiger charge is -1.86. The van der Waals surface area contributed by atoms with Crippen LogP contribution in [0.15, 0.2) is 0 Å². The van der Waals surface area contributed by atoms with E-state index in [9.17, 15) is 0 Å². The first kappa shape index (κ1) is 30.1. The first-order valence-corrected chi connectivity index (χ1v) is 6.43. The standard InChI is InChI=1S/C4H11N.C3H9N.2C2H7N.CH5N/c1-3-5-4-2;1-2-3-4;1-3-2;1-2-3;1-2/h5H,3-4H2,1-2H3;2-4H2,1H3;3H,1-2H3;2-3H2,1H3;2H2,1H3. The van der Waals surface area contributed by atoms with Crippen LogP contribution < -0.4 is 27.8 Å². The van der Waals surface area contributed by atoms with E-state index in [4.69, 9.17) is 11.5 Å². The fourth-order valence-corrected chi connectivity index (χ4v) is 0.250. The molecule has 17 heavy (non-hydrogen) atoms. The third kappa shape index (κ3) is 384. The molecule has 0 bridgehead atoms. The van der Waals surface area contributed by atoms with E-state index in [1.165, 1.54) is 7.05 Å². The molecule has 0 radical (unpaired) electrons. The van der Waals surface area contributed by atoms with Gasteiger partial charge in [0.25, 0.3) is 0 Å². The largest absolute Gasteiger partial charge is 0.333 e. The molecule has 5 heteroatoms. The maximum Gasteiger partial charge on any atom is -0.00775 e. The van der Waals surface area contributed by atoms with E-state index < -0.39 is 0 Å². The van der Waals surface area contributed by atoms with E-state index in [1.807, 2.05) is 21.0 Å². The van der Waals surface area contributed by atoms with Gasteiger partial charge in [-0.05, 0) is 53.7 Å². The van der Waals surface area contributed by atoms with E-state index in [-0.39, 0.29) is 0 Å². The Hall–Kier alpha value is -0.200. The van der Waals surface area contributed by atoms with Crippen molar-refractivity contribution in [1.29, 1.82) is 0 Å². The van der Waals surface area contributed by atoms with E-state index in [1.54, 1.807) is 0 Å². The van der Waals surface area contributed by atoms with Crippen molar-refractivity contribution in [3.05, 3.63) is 0 Å². The highest BCUT2D eigenvalue weighted by Gasteiger charge is 1.62. The Kier molecular flexibility index (Phi) is 133. The summed E-state index contributed by atoms with van der Waals surface area (Å²) < 4.78 is 0. The minimum atomic E-state index is 0.750. The fourth-order valence-electron chi connectivity index (χ4n) is 0.250. The van der Waals surface area contributed by atoms with Gasteiger partial charge in [0.1, 0.15) is 0 Å². The van der Waals surface area contributed by atoms with Gasteiger partial charge in [-0.2, -0.15) is 0 Å². The van der Waals surface area contributed by atoms with Crippen LogP contribution in [0.1, 0.15) is 34.1 Å². The predicted octanol–water partition coefficient (Wildman–Crippen LogP) is 0.346. The molecule has 0 aliphatic carbocycles. The van der Waals surface area contributed by atoms with Gasteiger partial charge in [0.05, 0.1) is 0 Å². The Morgan fingerprint density at radius 3 is 1.00 bits per heavy atom. The molecule has 112 valence electrons. The van der Waals surface area contributed by atoms with Crippen molar-refractivity contribution in [1.82, 2.24) is 10.6 Å². The molecule has 0 spiro atoms. The van der Waals surface area contributed by atoms with Gasteiger partial charge in [0.15, 0.2) is 0 Å². The third-order valence-corrected chi connectivity index (χ3v) is 0.789. The molecule has 0 rings (SSSR count). The zero-order valence-corrected chi connectivity index (χ0v) is 13.3. The molecule has 0 aromatic heterocycles. The highest BCUT2D eigenvalue weighted by Crippen LogP contribution is 1.57. The second kappa shape index (κ2) is 74.8. The van der Waals surface area contributed by atoms with Crippen LogP contribution in [-0.2, 0) is 0 Å². The van der Waals surface area contributed by atoms with Gasteiger partial charge < -0.3 is 27.8 Å². The average molecular weight is 253 g/mol. The fraction of sp³-hybridized carbons (Fsp3) is 1.00. The normalized spacial score (nSPS) is 6.71. The molecule has 0 unspecified atom stereocenters. The van der Waals surface area contributed by atoms with Gasteiger partial charge in [-0.1, -0.05) is 27.7 Å². The Morgan fingerprint density at radius 1 is 0.824 bits per heavy atom. The van der Waals surface area contributed by atoms with E-state index in [0.717, 1.165) is 32.6 Å². The average Bonchev–Trinajstić information content (AvgIpc) is 2.35. The van der Waals surface area contributed by atoms with Gasteiger partial charge in [0.2, 0.25) is 0 Å². The lowest BCUT2D eigenvalue weighted by Crippen LogP contribution is -2.09. The predicted molar refractivity (Wildman–Crippen MR) is 83.4 cm³/mol. The number of nitrogens with two attached hydrogens (primary N) is 3. The second-order valence-electron chi connectivity index (χ2n) is 2.65. The Morgan fingerprint density at radius 2 is 1.00 bits per heavy atom. The van der Waals surface area contributed by atoms with Crippen LogP contribution in [0, 0.1) is 0 Å². The molecule has 0 aromatic carbocycles. The molecule has 0 saturated carbocycles. The minimum Gasteiger partial charge on any atom is -0.333 e. The van der Waals surface area contributed by atoms with Gasteiger partial charge in [-0.3, -0.25) is 0 Å². The van der Waals surface area contributed by atoms with Crippen LogP contribution in [0.5, 0.6) is 0 Å². The van der Waals surface area contributed by atoms with Crippen LogP contribution in [0.4, 0.5) is 0 Å². The zero-order valence-electron chi connectivity index (χ0n) is 13.3. The smallest absolute Gasteiger partial charge is 0.00775 e. The summed E-state index contributed by atoms with van der Waals surface area (Å²) in [6.45, 7) is 11.9. The van der Waals surface area contributed by atoms with Crippen LogP contribution in [0.2, 0.25) is 0 Å². The first-order valence-electron chi connectivity index (χ1n) is 6.43. The third-order valence-electron chi connectivity index (χ3n) is 0.789. The van der Waals surface area contributed by atoms with Gasteiger partial charge in [0, 0.05) is 0 Å². The quantitative estimate of drug-likeness (QED) is 0.499. The summed E-state index contributed by atoms with van der Waals surface area (Å²) in [5, 5.41) is 5.86. The molecule has 0 aliphatic heterocycles. The summed E-state index contributed by atoms with van der Waals surface area (Å²) in [4.78, 5) is 0. The second-order valence-corrected chi connectivity index (χ2v) is 2.65. The summed E-state index contributed by atoms with van der Waals surface area (Å²) in [5.41, 5.74) is 14.4. The summed E-state index contributed by atoms with van der Waals surface area (Å²) in [5.74, 6) is 0. The van der Waals surface area contributed by atoms with Crippen molar-refractivity contribution in [3.63, 3.8) is 0 Å². The van der Waals surface area contributed by atoms with Crippen molar-refractivity contribution < 1.29 is 0 Å². The Balaban J connectivity index is -0.0000000367. The summed E-state index contributed by atoms with van der Waals surface area (Å²) in [7, 11) is 5.25. The molecule has 0 atom stereocenters. The molecule has 0 amide bonds. The van der Waals surface area contributed by atoms with Crippen molar-refractivity contribution >= 4 is 0 Å². The van der Waals surface area contributed by atoms with Crippen molar-refractivity contribution in [2.45, 2.75) is 34.1 Å². The summed E-state index contributed by atoms with van der Waals surface area (Å²) in [6, 6.07) is 0. The summed E-state index contributed by atoms with van der Waals surface area (Å²) >= 11 is 0. The van der Waals surface area contributed by atoms with Gasteiger partial charge >= 0.3 is 0 Å². The number of hydrogen-bond donors (Lipinski definition) is 5. The van der Waals surface area contributed by atoms with Crippen LogP contribution >= 0.6 is 0 Å². The van der Waals surface area contributed by atoms with E-state index in [2.05, 4.69) is 37.1 Å². The highest BCUT2D eigenvalue weighted by atomic mass is 14.8. The minimum absolute atomic E-state index is 0.750. The van der Waals surface area contributed by atoms with Crippen molar-refractivity contribution in [2.24, 2.45) is 17.2 Å². The molecule has 0 aliphatic rings. The van der Waals surface area contributed by atoms with Gasteiger partial charge in [-0.25, -0.2) is 0 Å². The molecule has 0 aromatic rings. The number of hydrogen-bond acceptors (Lipinski definition) is 5. The number of rotatable bonds is 3. The molecule has 5 nitrogen and oxygen atoms in total. The Bertz CT molecular complexity index is 48.2. The monoisotopic (exact) mass is 253 g/mol. The molecule has 0 saturated heterocycles. The Labute approximate surface area is 110 Å². The van der Waals surface area contributed by atoms with Crippen LogP contribution in [0.25, 0.3) is 0 Å². The van der Waals surface area contributed by atoms with Gasteiger partial charge in [-0.15, -0.1) is 0 Å². The maximum atomic E-state index is 5.03. The lowest BCUT2D eigenvalue weighted by molar-refractivity contribution is 0.762. The van der Waals surface area contributed by atoms with E-state index in [0.29, 0.717) is 0 Å². The number of nitrogens with one attached hydrogen (secondary N) is 2. The molecule has 0 heterocycles. The maximum absolute atomic E-state index is 5.03. The lowest BCUT2D eigenvalue weighted by atomic mass is 10.5. The zero-order chi connectivity index (χ0) is 14.9. The topological polar surface area (TPSA) is 102 Å². The molecule has 8 N–H and O–H groups in total. The van der Waals surface area contributed by atoms with Crippen molar-refractivity contribution in [3.8, 4) is 0 Å². The van der Waals surface area contributed by atoms with Crippen LogP contribution in [0.3, 0.4) is 0 Å². The first-order chi connectivity index (χ1) is 8.16. The summed E-state index contributed by atoms with van der Waals surface area (Å²) in [6.07, 6.45) is 1.10. The SMILES string of the molecule is CCCN.CCN.CCNCC.CN.CNC. The van der Waals surface area contributed by atoms with Crippen molar-refractivity contribution in [2.75, 3.05) is 47.3 Å². The highest BCUT2D eigenvalue weighted by molar-refractivity contribution is 4.27. The van der Waals surface area contributed by atoms with Crippen LogP contribution in [-0.4, -0.2) is 47.3 Å². The molecule has 0 fully saturated rings.